The fourth-order valence-electron chi connectivity index (χ4n) is 4.65. The number of thioether (sulfide) groups is 1. The second kappa shape index (κ2) is 10.1. The third-order valence-electron chi connectivity index (χ3n) is 6.58. The molecular formula is C27H36N2OS. The number of allylic oxidation sites excluding steroid dienone is 1. The number of fused-ring (bicyclic) bond motifs is 1. The second-order valence-electron chi connectivity index (χ2n) is 8.71. The molecule has 166 valence electrons. The lowest BCUT2D eigenvalue weighted by atomic mass is 9.94. The van der Waals surface area contributed by atoms with Crippen LogP contribution >= 0.6 is 11.8 Å². The van der Waals surface area contributed by atoms with E-state index in [0.29, 0.717) is 18.6 Å². The van der Waals surface area contributed by atoms with E-state index in [9.17, 15) is 0 Å². The van der Waals surface area contributed by atoms with E-state index in [-0.39, 0.29) is 0 Å². The molecule has 0 radical (unpaired) electrons. The zero-order valence-corrected chi connectivity index (χ0v) is 20.1. The molecule has 31 heavy (non-hydrogen) atoms. The summed E-state index contributed by atoms with van der Waals surface area (Å²) in [4.78, 5) is 2.65. The van der Waals surface area contributed by atoms with E-state index in [2.05, 4.69) is 73.3 Å². The molecule has 1 heterocycles. The Morgan fingerprint density at radius 2 is 2.10 bits per heavy atom. The number of hydrogen-bond acceptors (Lipinski definition) is 4. The van der Waals surface area contributed by atoms with E-state index in [4.69, 9.17) is 4.74 Å². The average molecular weight is 437 g/mol. The molecule has 1 N–H and O–H groups in total. The van der Waals surface area contributed by atoms with Gasteiger partial charge in [-0.1, -0.05) is 37.8 Å². The Labute approximate surface area is 192 Å². The largest absolute Gasteiger partial charge is 0.494 e. The fraction of sp³-hybridized carbons (Fsp3) is 0.481. The van der Waals surface area contributed by atoms with Crippen molar-refractivity contribution in [3.8, 4) is 5.75 Å². The van der Waals surface area contributed by atoms with Gasteiger partial charge in [0.15, 0.2) is 0 Å². The smallest absolute Gasteiger partial charge is 0.122 e. The molecule has 1 aliphatic carbocycles. The molecule has 0 aromatic heterocycles. The van der Waals surface area contributed by atoms with Crippen LogP contribution in [-0.4, -0.2) is 30.1 Å². The number of anilines is 1. The Morgan fingerprint density at radius 1 is 1.26 bits per heavy atom. The van der Waals surface area contributed by atoms with Crippen LogP contribution in [0.1, 0.15) is 55.0 Å². The van der Waals surface area contributed by atoms with E-state index >= 15 is 0 Å². The van der Waals surface area contributed by atoms with Crippen LogP contribution in [0, 0.1) is 5.92 Å². The van der Waals surface area contributed by atoms with Gasteiger partial charge in [0, 0.05) is 36.3 Å². The maximum atomic E-state index is 5.98. The zero-order valence-electron chi connectivity index (χ0n) is 19.2. The summed E-state index contributed by atoms with van der Waals surface area (Å²) in [6, 6.07) is 14.0. The SMILES string of the molecule is C=C(Nc1cccc2c1CCN(C(CSC)c1ccc(CC)c(OCC)c1)C2)C1CC1. The van der Waals surface area contributed by atoms with E-state index in [1.807, 2.05) is 11.8 Å². The molecule has 0 spiro atoms. The van der Waals surface area contributed by atoms with Crippen molar-refractivity contribution in [2.24, 2.45) is 5.92 Å². The second-order valence-corrected chi connectivity index (χ2v) is 9.62. The molecule has 0 saturated heterocycles. The maximum Gasteiger partial charge on any atom is 0.122 e. The van der Waals surface area contributed by atoms with E-state index in [1.165, 1.54) is 46.5 Å². The molecule has 2 aromatic rings. The minimum atomic E-state index is 0.395. The van der Waals surface area contributed by atoms with Crippen molar-refractivity contribution in [3.05, 3.63) is 70.9 Å². The van der Waals surface area contributed by atoms with Gasteiger partial charge in [0.05, 0.1) is 6.61 Å². The molecule has 2 aliphatic rings. The van der Waals surface area contributed by atoms with Gasteiger partial charge >= 0.3 is 0 Å². The monoisotopic (exact) mass is 436 g/mol. The summed E-state index contributed by atoms with van der Waals surface area (Å²) in [5, 5.41) is 3.63. The molecule has 1 fully saturated rings. The minimum absolute atomic E-state index is 0.395. The van der Waals surface area contributed by atoms with Crippen molar-refractivity contribution in [1.82, 2.24) is 4.90 Å². The van der Waals surface area contributed by atoms with Crippen molar-refractivity contribution < 1.29 is 4.74 Å². The molecule has 0 amide bonds. The number of nitrogens with zero attached hydrogens (tertiary/aromatic N) is 1. The van der Waals surface area contributed by atoms with Crippen LogP contribution in [0.25, 0.3) is 0 Å². The van der Waals surface area contributed by atoms with Crippen LogP contribution in [-0.2, 0) is 19.4 Å². The number of nitrogens with one attached hydrogen (secondary N) is 1. The molecule has 4 rings (SSSR count). The standard InChI is InChI=1S/C27H36N2OS/c1-5-20-10-13-22(16-27(20)30-6-2)26(18-31-4)29-15-14-24-23(17-29)8-7-9-25(24)28-19(3)21-11-12-21/h7-10,13,16,21,26,28H,3,5-6,11-12,14-15,17-18H2,1-2,4H3. The van der Waals surface area contributed by atoms with E-state index < -0.39 is 0 Å². The summed E-state index contributed by atoms with van der Waals surface area (Å²) in [7, 11) is 0. The van der Waals surface area contributed by atoms with Gasteiger partial charge in [0.25, 0.3) is 0 Å². The first-order valence-electron chi connectivity index (χ1n) is 11.7. The molecule has 4 heteroatoms. The lowest BCUT2D eigenvalue weighted by Crippen LogP contribution is -2.35. The lowest BCUT2D eigenvalue weighted by Gasteiger charge is -2.36. The molecule has 2 aromatic carbocycles. The highest BCUT2D eigenvalue weighted by molar-refractivity contribution is 7.98. The number of benzene rings is 2. The molecule has 1 unspecified atom stereocenters. The summed E-state index contributed by atoms with van der Waals surface area (Å²) >= 11 is 1.92. The Kier molecular flexibility index (Phi) is 7.29. The van der Waals surface area contributed by atoms with Gasteiger partial charge in [0.1, 0.15) is 5.75 Å². The van der Waals surface area contributed by atoms with Crippen molar-refractivity contribution >= 4 is 17.4 Å². The summed E-state index contributed by atoms with van der Waals surface area (Å²) < 4.78 is 5.98. The highest BCUT2D eigenvalue weighted by Gasteiger charge is 2.28. The van der Waals surface area contributed by atoms with Gasteiger partial charge in [0.2, 0.25) is 0 Å². The summed E-state index contributed by atoms with van der Waals surface area (Å²) in [6.07, 6.45) is 6.85. The third kappa shape index (κ3) is 5.12. The van der Waals surface area contributed by atoms with Crippen LogP contribution in [0.15, 0.2) is 48.7 Å². The maximum absolute atomic E-state index is 5.98. The Balaban J connectivity index is 1.56. The Hall–Kier alpha value is -1.91. The summed E-state index contributed by atoms with van der Waals surface area (Å²) in [5.41, 5.74) is 8.04. The number of aryl methyl sites for hydroxylation is 1. The summed E-state index contributed by atoms with van der Waals surface area (Å²) in [6.45, 7) is 11.3. The third-order valence-corrected chi connectivity index (χ3v) is 7.23. The molecule has 1 atom stereocenters. The van der Waals surface area contributed by atoms with Crippen molar-refractivity contribution in [3.63, 3.8) is 0 Å². The first-order valence-corrected chi connectivity index (χ1v) is 13.1. The number of ether oxygens (including phenoxy) is 1. The van der Waals surface area contributed by atoms with E-state index in [0.717, 1.165) is 37.4 Å². The molecule has 1 saturated carbocycles. The normalized spacial score (nSPS) is 17.1. The quantitative estimate of drug-likeness (QED) is 0.463. The predicted octanol–water partition coefficient (Wildman–Crippen LogP) is 6.45. The first-order chi connectivity index (χ1) is 15.1. The van der Waals surface area contributed by atoms with Crippen LogP contribution in [0.5, 0.6) is 5.75 Å². The number of rotatable bonds is 10. The van der Waals surface area contributed by atoms with Crippen LogP contribution < -0.4 is 10.1 Å². The van der Waals surface area contributed by atoms with Crippen LogP contribution in [0.3, 0.4) is 0 Å². The summed E-state index contributed by atoms with van der Waals surface area (Å²) in [5.74, 6) is 2.81. The van der Waals surface area contributed by atoms with Gasteiger partial charge < -0.3 is 10.1 Å². The minimum Gasteiger partial charge on any atom is -0.494 e. The van der Waals surface area contributed by atoms with Gasteiger partial charge in [-0.25, -0.2) is 0 Å². The van der Waals surface area contributed by atoms with Crippen molar-refractivity contribution in [2.75, 3.05) is 30.5 Å². The average Bonchev–Trinajstić information content (AvgIpc) is 3.63. The van der Waals surface area contributed by atoms with Gasteiger partial charge in [-0.15, -0.1) is 0 Å². The van der Waals surface area contributed by atoms with Crippen LogP contribution in [0.2, 0.25) is 0 Å². The topological polar surface area (TPSA) is 24.5 Å². The lowest BCUT2D eigenvalue weighted by molar-refractivity contribution is 0.195. The van der Waals surface area contributed by atoms with E-state index in [1.54, 1.807) is 0 Å². The number of hydrogen-bond donors (Lipinski definition) is 1. The van der Waals surface area contributed by atoms with Gasteiger partial charge in [-0.3, -0.25) is 4.90 Å². The van der Waals surface area contributed by atoms with Gasteiger partial charge in [-0.05, 0) is 79.2 Å². The van der Waals surface area contributed by atoms with Crippen LogP contribution in [0.4, 0.5) is 5.69 Å². The molecule has 1 aliphatic heterocycles. The Morgan fingerprint density at radius 3 is 2.81 bits per heavy atom. The van der Waals surface area contributed by atoms with Crippen molar-refractivity contribution in [2.45, 2.75) is 52.1 Å². The molecular weight excluding hydrogens is 400 g/mol. The first kappa shape index (κ1) is 22.3. The Bertz CT molecular complexity index is 921. The molecule has 0 bridgehead atoms. The molecule has 3 nitrogen and oxygen atoms in total. The predicted molar refractivity (Wildman–Crippen MR) is 134 cm³/mol. The fourth-order valence-corrected chi connectivity index (χ4v) is 5.37. The van der Waals surface area contributed by atoms with Gasteiger partial charge in [-0.2, -0.15) is 11.8 Å². The highest BCUT2D eigenvalue weighted by Crippen LogP contribution is 2.38. The zero-order chi connectivity index (χ0) is 21.8. The van der Waals surface area contributed by atoms with Crippen molar-refractivity contribution in [1.29, 1.82) is 0 Å². The highest BCUT2D eigenvalue weighted by atomic mass is 32.2.